The first-order valence-corrected chi connectivity index (χ1v) is 4.92. The van der Waals surface area contributed by atoms with Gasteiger partial charge in [-0.2, -0.15) is 0 Å². The number of hydrogen-bond donors (Lipinski definition) is 0. The third-order valence-electron chi connectivity index (χ3n) is 1.95. The highest BCUT2D eigenvalue weighted by Crippen LogP contribution is 2.21. The predicted molar refractivity (Wildman–Crippen MR) is 61.9 cm³/mol. The zero-order valence-corrected chi connectivity index (χ0v) is 9.24. The van der Waals surface area contributed by atoms with Gasteiger partial charge in [0.15, 0.2) is 0 Å². The number of anilines is 1. The van der Waals surface area contributed by atoms with Crippen molar-refractivity contribution in [3.63, 3.8) is 0 Å². The quantitative estimate of drug-likeness (QED) is 0.685. The summed E-state index contributed by atoms with van der Waals surface area (Å²) in [4.78, 5) is 2.08. The van der Waals surface area contributed by atoms with Crippen molar-refractivity contribution in [2.24, 2.45) is 0 Å². The summed E-state index contributed by atoms with van der Waals surface area (Å²) in [6, 6.07) is 8.12. The Morgan fingerprint density at radius 3 is 2.43 bits per heavy atom. The Labute approximate surface area is 85.1 Å². The molecule has 0 saturated heterocycles. The lowest BCUT2D eigenvalue weighted by molar-refractivity contribution is 0.616. The molecule has 1 aromatic heterocycles. The van der Waals surface area contributed by atoms with Crippen molar-refractivity contribution in [1.82, 2.24) is 0 Å². The molecular weight excluding hydrogens is 174 g/mol. The first kappa shape index (κ1) is 10.6. The molecule has 2 rings (SSSR count). The predicted octanol–water partition coefficient (Wildman–Crippen LogP) is 3.53. The van der Waals surface area contributed by atoms with Crippen LogP contribution in [-0.2, 0) is 0 Å². The van der Waals surface area contributed by atoms with Crippen molar-refractivity contribution >= 4 is 16.7 Å². The Balaban J connectivity index is 0.000000461. The minimum absolute atomic E-state index is 0.945. The monoisotopic (exact) mass is 191 g/mol. The first-order chi connectivity index (χ1) is 6.77. The molecule has 76 valence electrons. The third kappa shape index (κ3) is 2.08. The van der Waals surface area contributed by atoms with E-state index in [2.05, 4.69) is 11.0 Å². The molecule has 2 aromatic rings. The van der Waals surface area contributed by atoms with Crippen LogP contribution in [0.5, 0.6) is 0 Å². The van der Waals surface area contributed by atoms with E-state index < -0.39 is 0 Å². The third-order valence-corrected chi connectivity index (χ3v) is 1.95. The number of fused-ring (bicyclic) bond motifs is 1. The van der Waals surface area contributed by atoms with E-state index >= 15 is 0 Å². The molecule has 0 unspecified atom stereocenters. The van der Waals surface area contributed by atoms with E-state index in [0.29, 0.717) is 0 Å². The minimum Gasteiger partial charge on any atom is -0.464 e. The van der Waals surface area contributed by atoms with Crippen molar-refractivity contribution in [3.05, 3.63) is 30.5 Å². The van der Waals surface area contributed by atoms with E-state index in [9.17, 15) is 0 Å². The van der Waals surface area contributed by atoms with Gasteiger partial charge in [-0.3, -0.25) is 0 Å². The highest BCUT2D eigenvalue weighted by molar-refractivity contribution is 5.81. The maximum absolute atomic E-state index is 5.23. The smallest absolute Gasteiger partial charge is 0.133 e. The van der Waals surface area contributed by atoms with Crippen molar-refractivity contribution in [1.29, 1.82) is 0 Å². The average Bonchev–Trinajstić information content (AvgIpc) is 2.67. The second-order valence-corrected chi connectivity index (χ2v) is 3.04. The molecule has 0 radical (unpaired) electrons. The van der Waals surface area contributed by atoms with Crippen LogP contribution in [0.2, 0.25) is 0 Å². The van der Waals surface area contributed by atoms with Crippen molar-refractivity contribution < 1.29 is 4.42 Å². The molecule has 0 fully saturated rings. The normalized spacial score (nSPS) is 9.43. The Bertz CT molecular complexity index is 390. The number of hydrogen-bond acceptors (Lipinski definition) is 2. The van der Waals surface area contributed by atoms with Crippen LogP contribution in [0.25, 0.3) is 11.0 Å². The van der Waals surface area contributed by atoms with Crippen LogP contribution in [0.15, 0.2) is 34.9 Å². The molecule has 0 spiro atoms. The van der Waals surface area contributed by atoms with Crippen LogP contribution in [0, 0.1) is 0 Å². The van der Waals surface area contributed by atoms with Crippen molar-refractivity contribution in [3.8, 4) is 0 Å². The molecule has 2 heteroatoms. The molecular formula is C12H17NO. The summed E-state index contributed by atoms with van der Waals surface area (Å²) in [5.41, 5.74) is 2.14. The molecule has 0 saturated carbocycles. The SMILES string of the molecule is CC.CN(C)c1ccc2occc2c1. The average molecular weight is 191 g/mol. The molecule has 1 heterocycles. The molecule has 14 heavy (non-hydrogen) atoms. The van der Waals surface area contributed by atoms with E-state index in [1.54, 1.807) is 6.26 Å². The molecule has 0 bridgehead atoms. The van der Waals surface area contributed by atoms with E-state index in [4.69, 9.17) is 4.42 Å². The molecule has 0 atom stereocenters. The van der Waals surface area contributed by atoms with Gasteiger partial charge in [-0.15, -0.1) is 0 Å². The zero-order valence-electron chi connectivity index (χ0n) is 9.24. The lowest BCUT2D eigenvalue weighted by Gasteiger charge is -2.11. The van der Waals surface area contributed by atoms with Gasteiger partial charge in [0.25, 0.3) is 0 Å². The molecule has 0 aliphatic rings. The summed E-state index contributed by atoms with van der Waals surface area (Å²) in [5.74, 6) is 0. The van der Waals surface area contributed by atoms with Gasteiger partial charge in [0.2, 0.25) is 0 Å². The van der Waals surface area contributed by atoms with Crippen molar-refractivity contribution in [2.75, 3.05) is 19.0 Å². The zero-order chi connectivity index (χ0) is 10.6. The minimum atomic E-state index is 0.945. The maximum Gasteiger partial charge on any atom is 0.133 e. The van der Waals surface area contributed by atoms with Crippen LogP contribution in [-0.4, -0.2) is 14.1 Å². The largest absolute Gasteiger partial charge is 0.464 e. The van der Waals surface area contributed by atoms with Gasteiger partial charge < -0.3 is 9.32 Å². The standard InChI is InChI=1S/C10H11NO.C2H6/c1-11(2)9-3-4-10-8(7-9)5-6-12-10;1-2/h3-7H,1-2H3;1-2H3. The number of benzene rings is 1. The Morgan fingerprint density at radius 2 is 1.79 bits per heavy atom. The summed E-state index contributed by atoms with van der Waals surface area (Å²) in [7, 11) is 4.06. The topological polar surface area (TPSA) is 16.4 Å². The molecule has 0 aliphatic carbocycles. The lowest BCUT2D eigenvalue weighted by atomic mass is 10.2. The summed E-state index contributed by atoms with van der Waals surface area (Å²) in [6.07, 6.45) is 1.71. The second-order valence-electron chi connectivity index (χ2n) is 3.04. The molecule has 2 nitrogen and oxygen atoms in total. The maximum atomic E-state index is 5.23. The summed E-state index contributed by atoms with van der Waals surface area (Å²) < 4.78 is 5.23. The van der Waals surface area contributed by atoms with E-state index in [1.165, 1.54) is 5.69 Å². The fraction of sp³-hybridized carbons (Fsp3) is 0.333. The van der Waals surface area contributed by atoms with Gasteiger partial charge in [-0.25, -0.2) is 0 Å². The van der Waals surface area contributed by atoms with Gasteiger partial charge in [-0.05, 0) is 24.3 Å². The van der Waals surface area contributed by atoms with Gasteiger partial charge >= 0.3 is 0 Å². The van der Waals surface area contributed by atoms with Gasteiger partial charge in [0, 0.05) is 25.2 Å². The molecule has 1 aromatic carbocycles. The summed E-state index contributed by atoms with van der Waals surface area (Å²) in [5, 5.41) is 1.15. The fourth-order valence-corrected chi connectivity index (χ4v) is 1.23. The Hall–Kier alpha value is -1.44. The Kier molecular flexibility index (Phi) is 3.57. The van der Waals surface area contributed by atoms with Gasteiger partial charge in [-0.1, -0.05) is 13.8 Å². The number of rotatable bonds is 1. The van der Waals surface area contributed by atoms with E-state index in [-0.39, 0.29) is 0 Å². The van der Waals surface area contributed by atoms with E-state index in [1.807, 2.05) is 46.1 Å². The second kappa shape index (κ2) is 4.70. The number of furan rings is 1. The van der Waals surface area contributed by atoms with Gasteiger partial charge in [0.1, 0.15) is 5.58 Å². The number of nitrogens with zero attached hydrogens (tertiary/aromatic N) is 1. The fourth-order valence-electron chi connectivity index (χ4n) is 1.23. The highest BCUT2D eigenvalue weighted by Gasteiger charge is 1.98. The van der Waals surface area contributed by atoms with E-state index in [0.717, 1.165) is 11.0 Å². The molecule has 0 amide bonds. The van der Waals surface area contributed by atoms with Crippen LogP contribution >= 0.6 is 0 Å². The van der Waals surface area contributed by atoms with Crippen molar-refractivity contribution in [2.45, 2.75) is 13.8 Å². The van der Waals surface area contributed by atoms with Crippen LogP contribution < -0.4 is 4.90 Å². The summed E-state index contributed by atoms with van der Waals surface area (Å²) in [6.45, 7) is 4.00. The first-order valence-electron chi connectivity index (χ1n) is 4.92. The van der Waals surface area contributed by atoms with Crippen LogP contribution in [0.3, 0.4) is 0 Å². The highest BCUT2D eigenvalue weighted by atomic mass is 16.3. The molecule has 0 N–H and O–H groups in total. The molecule has 0 aliphatic heterocycles. The van der Waals surface area contributed by atoms with Gasteiger partial charge in [0.05, 0.1) is 6.26 Å². The Morgan fingerprint density at radius 1 is 1.07 bits per heavy atom. The van der Waals surface area contributed by atoms with Crippen LogP contribution in [0.1, 0.15) is 13.8 Å². The summed E-state index contributed by atoms with van der Waals surface area (Å²) >= 11 is 0. The lowest BCUT2D eigenvalue weighted by Crippen LogP contribution is -2.07. The van der Waals surface area contributed by atoms with Crippen LogP contribution in [0.4, 0.5) is 5.69 Å².